The van der Waals surface area contributed by atoms with Gasteiger partial charge in [-0.15, -0.1) is 0 Å². The summed E-state index contributed by atoms with van der Waals surface area (Å²) in [6.45, 7) is 1.79. The fraction of sp³-hybridized carbons (Fsp3) is 0.111. The first-order valence-electron chi connectivity index (χ1n) is 4.14. The molecule has 0 atom stereocenters. The van der Waals surface area contributed by atoms with E-state index in [4.69, 9.17) is 0 Å². The second-order valence-corrected chi connectivity index (χ2v) is 3.02. The van der Waals surface area contributed by atoms with E-state index in [-0.39, 0.29) is 5.69 Å². The number of imidazole rings is 1. The van der Waals surface area contributed by atoms with Crippen molar-refractivity contribution in [1.29, 1.82) is 0 Å². The van der Waals surface area contributed by atoms with Crippen LogP contribution in [0.3, 0.4) is 0 Å². The smallest absolute Gasteiger partial charge is 0.323 e. The van der Waals surface area contributed by atoms with Crippen molar-refractivity contribution >= 4 is 6.29 Å². The molecule has 5 heteroatoms. The van der Waals surface area contributed by atoms with Gasteiger partial charge in [0.1, 0.15) is 0 Å². The standard InChI is InChI=1S/C9H9N3O2/c1-5-8(12-9(14)10-5)7-3-2-6(4-13)11-7/h2-4,11H,1H3,(H2,10,12,14). The molecule has 2 aromatic heterocycles. The van der Waals surface area contributed by atoms with Gasteiger partial charge in [-0.2, -0.15) is 0 Å². The number of rotatable bonds is 2. The minimum atomic E-state index is -0.250. The number of hydrogen-bond donors (Lipinski definition) is 3. The molecule has 3 N–H and O–H groups in total. The molecule has 2 rings (SSSR count). The summed E-state index contributed by atoms with van der Waals surface area (Å²) in [6, 6.07) is 3.41. The van der Waals surface area contributed by atoms with E-state index in [0.29, 0.717) is 11.4 Å². The van der Waals surface area contributed by atoms with Crippen molar-refractivity contribution in [2.45, 2.75) is 6.92 Å². The first-order chi connectivity index (χ1) is 6.70. The molecule has 0 unspecified atom stereocenters. The molecule has 0 aliphatic heterocycles. The molecule has 2 aromatic rings. The van der Waals surface area contributed by atoms with E-state index in [1.54, 1.807) is 19.1 Å². The summed E-state index contributed by atoms with van der Waals surface area (Å²) < 4.78 is 0. The molecule has 0 saturated carbocycles. The summed E-state index contributed by atoms with van der Waals surface area (Å²) >= 11 is 0. The SMILES string of the molecule is Cc1[nH]c(=O)[nH]c1-c1ccc(C=O)[nH]1. The molecule has 0 saturated heterocycles. The predicted molar refractivity (Wildman–Crippen MR) is 51.3 cm³/mol. The fourth-order valence-corrected chi connectivity index (χ4v) is 1.37. The van der Waals surface area contributed by atoms with Crippen LogP contribution in [0, 0.1) is 6.92 Å². The van der Waals surface area contributed by atoms with Crippen molar-refractivity contribution in [3.63, 3.8) is 0 Å². The van der Waals surface area contributed by atoms with Gasteiger partial charge in [0.15, 0.2) is 6.29 Å². The van der Waals surface area contributed by atoms with E-state index in [0.717, 1.165) is 17.7 Å². The first-order valence-corrected chi connectivity index (χ1v) is 4.14. The van der Waals surface area contributed by atoms with Crippen molar-refractivity contribution < 1.29 is 4.79 Å². The van der Waals surface area contributed by atoms with E-state index in [2.05, 4.69) is 15.0 Å². The van der Waals surface area contributed by atoms with Crippen molar-refractivity contribution in [2.24, 2.45) is 0 Å². The molecular formula is C9H9N3O2. The molecule has 14 heavy (non-hydrogen) atoms. The molecule has 0 spiro atoms. The van der Waals surface area contributed by atoms with Crippen LogP contribution >= 0.6 is 0 Å². The van der Waals surface area contributed by atoms with Crippen LogP contribution < -0.4 is 5.69 Å². The molecule has 0 amide bonds. The number of carbonyl (C=O) groups excluding carboxylic acids is 1. The number of carbonyl (C=O) groups is 1. The van der Waals surface area contributed by atoms with Crippen LogP contribution in [-0.2, 0) is 0 Å². The third-order valence-corrected chi connectivity index (χ3v) is 2.02. The van der Waals surface area contributed by atoms with E-state index in [9.17, 15) is 9.59 Å². The van der Waals surface area contributed by atoms with Gasteiger partial charge in [0, 0.05) is 5.69 Å². The first kappa shape index (κ1) is 8.55. The zero-order valence-corrected chi connectivity index (χ0v) is 7.55. The Bertz CT molecular complexity index is 518. The van der Waals surface area contributed by atoms with Crippen LogP contribution in [-0.4, -0.2) is 21.2 Å². The van der Waals surface area contributed by atoms with Crippen LogP contribution in [0.25, 0.3) is 11.4 Å². The number of aromatic amines is 3. The van der Waals surface area contributed by atoms with E-state index < -0.39 is 0 Å². The van der Waals surface area contributed by atoms with Gasteiger partial charge in [-0.1, -0.05) is 0 Å². The highest BCUT2D eigenvalue weighted by Crippen LogP contribution is 2.16. The third kappa shape index (κ3) is 1.28. The zero-order chi connectivity index (χ0) is 10.1. The lowest BCUT2D eigenvalue weighted by Crippen LogP contribution is -2.00. The quantitative estimate of drug-likeness (QED) is 0.614. The van der Waals surface area contributed by atoms with Gasteiger partial charge >= 0.3 is 5.69 Å². The maximum absolute atomic E-state index is 11.0. The summed E-state index contributed by atoms with van der Waals surface area (Å²) in [5.74, 6) is 0. The van der Waals surface area contributed by atoms with Crippen molar-refractivity contribution in [1.82, 2.24) is 15.0 Å². The van der Waals surface area contributed by atoms with Gasteiger partial charge < -0.3 is 15.0 Å². The lowest BCUT2D eigenvalue weighted by Gasteiger charge is -1.93. The fourth-order valence-electron chi connectivity index (χ4n) is 1.37. The van der Waals surface area contributed by atoms with E-state index in [1.165, 1.54) is 0 Å². The number of H-pyrrole nitrogens is 3. The molecule has 5 nitrogen and oxygen atoms in total. The molecule has 0 bridgehead atoms. The Morgan fingerprint density at radius 2 is 2.00 bits per heavy atom. The monoisotopic (exact) mass is 191 g/mol. The normalized spacial score (nSPS) is 10.4. The van der Waals surface area contributed by atoms with Crippen LogP contribution in [0.4, 0.5) is 0 Å². The number of hydrogen-bond acceptors (Lipinski definition) is 2. The molecule has 0 aromatic carbocycles. The minimum absolute atomic E-state index is 0.250. The maximum atomic E-state index is 11.0. The van der Waals surface area contributed by atoms with Crippen molar-refractivity contribution in [3.05, 3.63) is 34.0 Å². The molecule has 72 valence electrons. The van der Waals surface area contributed by atoms with E-state index >= 15 is 0 Å². The highest BCUT2D eigenvalue weighted by Gasteiger charge is 2.07. The molecule has 2 heterocycles. The topological polar surface area (TPSA) is 81.5 Å². The third-order valence-electron chi connectivity index (χ3n) is 2.02. The van der Waals surface area contributed by atoms with Gasteiger partial charge in [-0.3, -0.25) is 4.79 Å². The number of aromatic nitrogens is 3. The van der Waals surface area contributed by atoms with Gasteiger partial charge in [-0.05, 0) is 19.1 Å². The highest BCUT2D eigenvalue weighted by molar-refractivity contribution is 5.74. The highest BCUT2D eigenvalue weighted by atomic mass is 16.1. The Hall–Kier alpha value is -2.04. The molecule has 0 radical (unpaired) electrons. The Balaban J connectivity index is 2.53. The molecule has 0 fully saturated rings. The largest absolute Gasteiger partial charge is 0.351 e. The lowest BCUT2D eigenvalue weighted by molar-refractivity contribution is 0.111. The van der Waals surface area contributed by atoms with Crippen LogP contribution in [0.5, 0.6) is 0 Å². The van der Waals surface area contributed by atoms with Crippen LogP contribution in [0.2, 0.25) is 0 Å². The summed E-state index contributed by atoms with van der Waals surface area (Å²) in [4.78, 5) is 29.5. The average molecular weight is 191 g/mol. The Morgan fingerprint density at radius 3 is 2.50 bits per heavy atom. The summed E-state index contributed by atoms with van der Waals surface area (Å²) in [7, 11) is 0. The summed E-state index contributed by atoms with van der Waals surface area (Å²) in [5, 5.41) is 0. The second kappa shape index (κ2) is 3.02. The van der Waals surface area contributed by atoms with Crippen molar-refractivity contribution in [2.75, 3.05) is 0 Å². The number of aryl methyl sites for hydroxylation is 1. The van der Waals surface area contributed by atoms with Crippen LogP contribution in [0.15, 0.2) is 16.9 Å². The van der Waals surface area contributed by atoms with Gasteiger partial charge in [0.05, 0.1) is 17.1 Å². The number of aldehydes is 1. The molecule has 0 aliphatic rings. The van der Waals surface area contributed by atoms with Gasteiger partial charge in [-0.25, -0.2) is 4.79 Å². The second-order valence-electron chi connectivity index (χ2n) is 3.02. The maximum Gasteiger partial charge on any atom is 0.323 e. The predicted octanol–water partition coefficient (Wildman–Crippen LogP) is 0.819. The summed E-state index contributed by atoms with van der Waals surface area (Å²) in [5.41, 5.74) is 2.39. The minimum Gasteiger partial charge on any atom is -0.351 e. The van der Waals surface area contributed by atoms with Crippen LogP contribution in [0.1, 0.15) is 16.2 Å². The lowest BCUT2D eigenvalue weighted by atomic mass is 10.3. The Kier molecular flexibility index (Phi) is 1.85. The van der Waals surface area contributed by atoms with Gasteiger partial charge in [0.2, 0.25) is 0 Å². The molecule has 0 aliphatic carbocycles. The Labute approximate surface area is 79.2 Å². The van der Waals surface area contributed by atoms with E-state index in [1.807, 2.05) is 0 Å². The van der Waals surface area contributed by atoms with Crippen molar-refractivity contribution in [3.8, 4) is 11.4 Å². The summed E-state index contributed by atoms with van der Waals surface area (Å²) in [6.07, 6.45) is 0.726. The zero-order valence-electron chi connectivity index (χ0n) is 7.55. The molecular weight excluding hydrogens is 182 g/mol. The average Bonchev–Trinajstić information content (AvgIpc) is 2.71. The van der Waals surface area contributed by atoms with Gasteiger partial charge in [0.25, 0.3) is 0 Å². The number of nitrogens with one attached hydrogen (secondary N) is 3. The Morgan fingerprint density at radius 1 is 1.21 bits per heavy atom.